The second-order valence-corrected chi connectivity index (χ2v) is 7.66. The van der Waals surface area contributed by atoms with E-state index in [-0.39, 0.29) is 6.04 Å². The highest BCUT2D eigenvalue weighted by Crippen LogP contribution is 2.34. The molecule has 2 rings (SSSR count). The molecule has 0 aliphatic carbocycles. The third-order valence-electron chi connectivity index (χ3n) is 3.35. The Bertz CT molecular complexity index is 586. The minimum Gasteiger partial charge on any atom is -0.309 e. The Hall–Kier alpha value is -0.360. The summed E-state index contributed by atoms with van der Waals surface area (Å²) in [5.41, 5.74) is 3.41. The lowest BCUT2D eigenvalue weighted by atomic mass is 10.0. The van der Waals surface area contributed by atoms with Gasteiger partial charge in [0.2, 0.25) is 0 Å². The zero-order chi connectivity index (χ0) is 14.9. The number of nitrogens with zero attached hydrogens (tertiary/aromatic N) is 2. The van der Waals surface area contributed by atoms with Gasteiger partial charge >= 0.3 is 0 Å². The van der Waals surface area contributed by atoms with E-state index in [1.165, 1.54) is 14.2 Å². The molecule has 0 saturated carbocycles. The monoisotopic (exact) mass is 375 g/mol. The summed E-state index contributed by atoms with van der Waals surface area (Å²) in [4.78, 5) is 1.33. The van der Waals surface area contributed by atoms with Gasteiger partial charge in [-0.15, -0.1) is 11.3 Å². The smallest absolute Gasteiger partial charge is 0.130 e. The predicted octanol–water partition coefficient (Wildman–Crippen LogP) is 4.41. The van der Waals surface area contributed by atoms with Crippen molar-refractivity contribution in [2.24, 2.45) is 7.05 Å². The summed E-state index contributed by atoms with van der Waals surface area (Å²) in [6.07, 6.45) is 0.860. The molecule has 1 atom stereocenters. The van der Waals surface area contributed by atoms with Gasteiger partial charge in [0, 0.05) is 23.5 Å². The largest absolute Gasteiger partial charge is 0.309 e. The summed E-state index contributed by atoms with van der Waals surface area (Å²) in [6.45, 7) is 7.19. The molecule has 0 fully saturated rings. The van der Waals surface area contributed by atoms with Gasteiger partial charge in [0.25, 0.3) is 0 Å². The fourth-order valence-electron chi connectivity index (χ4n) is 2.28. The fourth-order valence-corrected chi connectivity index (χ4v) is 4.18. The Balaban J connectivity index is 2.30. The minimum absolute atomic E-state index is 0.274. The average Bonchev–Trinajstić information content (AvgIpc) is 2.83. The van der Waals surface area contributed by atoms with Crippen LogP contribution < -0.4 is 5.32 Å². The lowest BCUT2D eigenvalue weighted by Gasteiger charge is -2.16. The normalized spacial score (nSPS) is 12.9. The molecule has 0 radical (unpaired) electrons. The van der Waals surface area contributed by atoms with Crippen LogP contribution in [-0.2, 0) is 13.5 Å². The molecule has 1 unspecified atom stereocenters. The van der Waals surface area contributed by atoms with E-state index in [9.17, 15) is 0 Å². The van der Waals surface area contributed by atoms with E-state index in [0.29, 0.717) is 0 Å². The number of halogens is 2. The molecular formula is C14H19BrClN3S. The first-order valence-corrected chi connectivity index (χ1v) is 8.60. The van der Waals surface area contributed by atoms with Gasteiger partial charge in [0.15, 0.2) is 0 Å². The van der Waals surface area contributed by atoms with Crippen LogP contribution in [-0.4, -0.2) is 16.3 Å². The van der Waals surface area contributed by atoms with E-state index in [2.05, 4.69) is 46.3 Å². The maximum atomic E-state index is 6.35. The van der Waals surface area contributed by atoms with E-state index in [1.807, 2.05) is 14.0 Å². The third kappa shape index (κ3) is 3.27. The predicted molar refractivity (Wildman–Crippen MR) is 89.8 cm³/mol. The number of likely N-dealkylation sites (N-methyl/N-ethyl adjacent to an activating group) is 1. The second kappa shape index (κ2) is 6.60. The number of rotatable bonds is 5. The van der Waals surface area contributed by atoms with Crippen molar-refractivity contribution in [2.45, 2.75) is 33.2 Å². The van der Waals surface area contributed by atoms with Crippen LogP contribution in [0.25, 0.3) is 0 Å². The number of nitrogens with one attached hydrogen (secondary N) is 1. The third-order valence-corrected chi connectivity index (χ3v) is 6.07. The minimum atomic E-state index is 0.274. The molecule has 2 aromatic rings. The van der Waals surface area contributed by atoms with Crippen LogP contribution in [0.3, 0.4) is 0 Å². The summed E-state index contributed by atoms with van der Waals surface area (Å²) < 4.78 is 2.94. The van der Waals surface area contributed by atoms with Gasteiger partial charge in [-0.25, -0.2) is 0 Å². The highest BCUT2D eigenvalue weighted by molar-refractivity contribution is 9.11. The van der Waals surface area contributed by atoms with Gasteiger partial charge in [-0.3, -0.25) is 4.68 Å². The maximum Gasteiger partial charge on any atom is 0.130 e. The van der Waals surface area contributed by atoms with Crippen LogP contribution in [0.4, 0.5) is 0 Å². The average molecular weight is 377 g/mol. The van der Waals surface area contributed by atoms with Crippen LogP contribution in [0.5, 0.6) is 0 Å². The quantitative estimate of drug-likeness (QED) is 0.837. The molecule has 20 heavy (non-hydrogen) atoms. The first-order chi connectivity index (χ1) is 9.43. The Morgan fingerprint density at radius 3 is 2.65 bits per heavy atom. The summed E-state index contributed by atoms with van der Waals surface area (Å²) in [5.74, 6) is 0. The van der Waals surface area contributed by atoms with Crippen molar-refractivity contribution in [3.8, 4) is 0 Å². The molecule has 0 aromatic carbocycles. The summed E-state index contributed by atoms with van der Waals surface area (Å²) in [7, 11) is 1.88. The number of hydrogen-bond donors (Lipinski definition) is 1. The molecular weight excluding hydrogens is 358 g/mol. The maximum absolute atomic E-state index is 6.35. The standard InChI is InChI=1S/C14H19BrClN3S/c1-5-17-11(12-6-8(2)13(15)20-12)7-10-9(3)18-19(4)14(10)16/h6,11,17H,5,7H2,1-4H3. The Morgan fingerprint density at radius 1 is 1.50 bits per heavy atom. The SMILES string of the molecule is CCNC(Cc1c(C)nn(C)c1Cl)c1cc(C)c(Br)s1. The Morgan fingerprint density at radius 2 is 2.20 bits per heavy atom. The zero-order valence-electron chi connectivity index (χ0n) is 12.1. The molecule has 110 valence electrons. The number of aromatic nitrogens is 2. The first-order valence-electron chi connectivity index (χ1n) is 6.61. The van der Waals surface area contributed by atoms with Gasteiger partial charge in [0.1, 0.15) is 5.15 Å². The van der Waals surface area contributed by atoms with Crippen molar-refractivity contribution in [2.75, 3.05) is 6.54 Å². The van der Waals surface area contributed by atoms with Crippen molar-refractivity contribution < 1.29 is 0 Å². The number of thiophene rings is 1. The second-order valence-electron chi connectivity index (χ2n) is 4.90. The van der Waals surface area contributed by atoms with Crippen LogP contribution in [0.1, 0.15) is 34.7 Å². The molecule has 0 amide bonds. The van der Waals surface area contributed by atoms with Gasteiger partial charge in [0.05, 0.1) is 9.48 Å². The lowest BCUT2D eigenvalue weighted by Crippen LogP contribution is -2.22. The van der Waals surface area contributed by atoms with Crippen LogP contribution in [0, 0.1) is 13.8 Å². The summed E-state index contributed by atoms with van der Waals surface area (Å²) >= 11 is 11.7. The molecule has 3 nitrogen and oxygen atoms in total. The van der Waals surface area contributed by atoms with Crippen LogP contribution >= 0.6 is 38.9 Å². The topological polar surface area (TPSA) is 29.9 Å². The van der Waals surface area contributed by atoms with Crippen LogP contribution in [0.2, 0.25) is 5.15 Å². The molecule has 0 aliphatic rings. The van der Waals surface area contributed by atoms with Crippen molar-refractivity contribution in [3.05, 3.63) is 36.7 Å². The molecule has 1 N–H and O–H groups in total. The van der Waals surface area contributed by atoms with E-state index >= 15 is 0 Å². The van der Waals surface area contributed by atoms with Crippen LogP contribution in [0.15, 0.2) is 9.85 Å². The molecule has 6 heteroatoms. The van der Waals surface area contributed by atoms with Gasteiger partial charge in [-0.05, 0) is 54.4 Å². The van der Waals surface area contributed by atoms with E-state index in [1.54, 1.807) is 16.0 Å². The summed E-state index contributed by atoms with van der Waals surface area (Å²) in [5, 5.41) is 8.67. The molecule has 0 aliphatic heterocycles. The highest BCUT2D eigenvalue weighted by atomic mass is 79.9. The van der Waals surface area contributed by atoms with Crippen molar-refractivity contribution in [1.82, 2.24) is 15.1 Å². The molecule has 0 spiro atoms. The van der Waals surface area contributed by atoms with E-state index < -0.39 is 0 Å². The summed E-state index contributed by atoms with van der Waals surface area (Å²) in [6, 6.07) is 2.51. The van der Waals surface area contributed by atoms with Gasteiger partial charge in [-0.1, -0.05) is 18.5 Å². The van der Waals surface area contributed by atoms with E-state index in [0.717, 1.165) is 29.4 Å². The molecule has 2 heterocycles. The number of hydrogen-bond acceptors (Lipinski definition) is 3. The highest BCUT2D eigenvalue weighted by Gasteiger charge is 2.20. The molecule has 0 bridgehead atoms. The Kier molecular flexibility index (Phi) is 5.29. The lowest BCUT2D eigenvalue weighted by molar-refractivity contribution is 0.557. The van der Waals surface area contributed by atoms with Crippen molar-refractivity contribution >= 4 is 38.9 Å². The van der Waals surface area contributed by atoms with Gasteiger partial charge < -0.3 is 5.32 Å². The van der Waals surface area contributed by atoms with Crippen molar-refractivity contribution in [3.63, 3.8) is 0 Å². The molecule has 2 aromatic heterocycles. The molecule has 0 saturated heterocycles. The van der Waals surface area contributed by atoms with Crippen molar-refractivity contribution in [1.29, 1.82) is 0 Å². The van der Waals surface area contributed by atoms with Gasteiger partial charge in [-0.2, -0.15) is 5.10 Å². The van der Waals surface area contributed by atoms with E-state index in [4.69, 9.17) is 11.6 Å². The first kappa shape index (κ1) is 16.0. The zero-order valence-corrected chi connectivity index (χ0v) is 15.3. The Labute approximate surface area is 137 Å². The number of aryl methyl sites for hydroxylation is 3. The fraction of sp³-hybridized carbons (Fsp3) is 0.500.